The molecular formula is C15H12N4OS. The van der Waals surface area contributed by atoms with E-state index in [1.54, 1.807) is 0 Å². The summed E-state index contributed by atoms with van der Waals surface area (Å²) in [5.41, 5.74) is 2.96. The van der Waals surface area contributed by atoms with E-state index in [-0.39, 0.29) is 5.91 Å². The quantitative estimate of drug-likeness (QED) is 0.789. The fraction of sp³-hybridized carbons (Fsp3) is 0.200. The monoisotopic (exact) mass is 296 g/mol. The van der Waals surface area contributed by atoms with E-state index >= 15 is 0 Å². The predicted octanol–water partition coefficient (Wildman–Crippen LogP) is 2.83. The van der Waals surface area contributed by atoms with Gasteiger partial charge in [0.05, 0.1) is 10.2 Å². The maximum Gasteiger partial charge on any atom is 0.285 e. The van der Waals surface area contributed by atoms with Crippen LogP contribution in [0.4, 0.5) is 5.82 Å². The van der Waals surface area contributed by atoms with E-state index in [1.165, 1.54) is 17.7 Å². The molecule has 1 N–H and O–H groups in total. The molecule has 6 heteroatoms. The first-order chi connectivity index (χ1) is 10.3. The van der Waals surface area contributed by atoms with Gasteiger partial charge in [-0.3, -0.25) is 4.79 Å². The number of aromatic nitrogens is 3. The Hall–Kier alpha value is -2.34. The molecule has 104 valence electrons. The van der Waals surface area contributed by atoms with Crippen LogP contribution in [0.25, 0.3) is 10.2 Å². The third-order valence-electron chi connectivity index (χ3n) is 3.60. The summed E-state index contributed by atoms with van der Waals surface area (Å²) in [7, 11) is 0. The van der Waals surface area contributed by atoms with Crippen LogP contribution in [0.2, 0.25) is 0 Å². The van der Waals surface area contributed by atoms with Gasteiger partial charge in [-0.15, -0.1) is 11.3 Å². The smallest absolute Gasteiger partial charge is 0.285 e. The molecule has 0 spiro atoms. The van der Waals surface area contributed by atoms with Crippen LogP contribution in [0.5, 0.6) is 0 Å². The number of carbonyl (C=O) groups excluding carboxylic acids is 1. The largest absolute Gasteiger partial charge is 0.304 e. The van der Waals surface area contributed by atoms with Crippen molar-refractivity contribution in [2.75, 3.05) is 5.32 Å². The molecule has 0 bridgehead atoms. The van der Waals surface area contributed by atoms with Gasteiger partial charge in [0.1, 0.15) is 12.1 Å². The highest BCUT2D eigenvalue weighted by Gasteiger charge is 2.20. The summed E-state index contributed by atoms with van der Waals surface area (Å²) in [6, 6.07) is 7.73. The molecule has 2 heterocycles. The molecule has 1 aliphatic carbocycles. The van der Waals surface area contributed by atoms with E-state index in [0.717, 1.165) is 40.7 Å². The van der Waals surface area contributed by atoms with Crippen LogP contribution in [0.15, 0.2) is 30.6 Å². The number of carbonyl (C=O) groups is 1. The van der Waals surface area contributed by atoms with E-state index in [9.17, 15) is 4.79 Å². The maximum atomic E-state index is 12.4. The van der Waals surface area contributed by atoms with Crippen molar-refractivity contribution in [1.82, 2.24) is 15.0 Å². The molecule has 1 amide bonds. The highest BCUT2D eigenvalue weighted by atomic mass is 32.1. The van der Waals surface area contributed by atoms with Crippen LogP contribution in [0.1, 0.15) is 27.5 Å². The van der Waals surface area contributed by atoms with Crippen LogP contribution < -0.4 is 5.32 Å². The van der Waals surface area contributed by atoms with Crippen molar-refractivity contribution in [1.29, 1.82) is 0 Å². The first kappa shape index (κ1) is 12.4. The number of para-hydroxylation sites is 1. The molecule has 21 heavy (non-hydrogen) atoms. The minimum absolute atomic E-state index is 0.205. The standard InChI is InChI=1S/C15H12N4OS/c20-14(15-18-11-5-1-2-7-12(11)21-15)19-13-9-4-3-6-10(9)16-8-17-13/h1-2,5,7-8H,3-4,6H2,(H,16,17,19,20). The van der Waals surface area contributed by atoms with Gasteiger partial charge in [0.2, 0.25) is 0 Å². The molecule has 3 aromatic rings. The van der Waals surface area contributed by atoms with Crippen LogP contribution in [0, 0.1) is 0 Å². The predicted molar refractivity (Wildman–Crippen MR) is 81.6 cm³/mol. The molecule has 2 aromatic heterocycles. The van der Waals surface area contributed by atoms with Crippen molar-refractivity contribution in [3.8, 4) is 0 Å². The number of rotatable bonds is 2. The Labute approximate surface area is 125 Å². The van der Waals surface area contributed by atoms with Crippen molar-refractivity contribution in [3.05, 3.63) is 46.9 Å². The zero-order valence-electron chi connectivity index (χ0n) is 11.2. The number of amides is 1. The lowest BCUT2D eigenvalue weighted by atomic mass is 10.2. The summed E-state index contributed by atoms with van der Waals surface area (Å²) in [5, 5.41) is 3.34. The van der Waals surface area contributed by atoms with Crippen LogP contribution >= 0.6 is 11.3 Å². The molecule has 5 nitrogen and oxygen atoms in total. The van der Waals surface area contributed by atoms with Crippen molar-refractivity contribution < 1.29 is 4.79 Å². The number of hydrogen-bond acceptors (Lipinski definition) is 5. The Kier molecular flexibility index (Phi) is 2.89. The number of nitrogens with zero attached hydrogens (tertiary/aromatic N) is 3. The second-order valence-electron chi connectivity index (χ2n) is 4.94. The van der Waals surface area contributed by atoms with E-state index < -0.39 is 0 Å². The lowest BCUT2D eigenvalue weighted by Gasteiger charge is -2.06. The number of fused-ring (bicyclic) bond motifs is 2. The Morgan fingerprint density at radius 2 is 2.10 bits per heavy atom. The van der Waals surface area contributed by atoms with E-state index in [1.807, 2.05) is 24.3 Å². The summed E-state index contributed by atoms with van der Waals surface area (Å²) >= 11 is 1.39. The average Bonchev–Trinajstić information content (AvgIpc) is 3.14. The second kappa shape index (κ2) is 4.89. The summed E-state index contributed by atoms with van der Waals surface area (Å²) in [4.78, 5) is 25.2. The molecule has 0 atom stereocenters. The van der Waals surface area contributed by atoms with Crippen molar-refractivity contribution in [2.45, 2.75) is 19.3 Å². The molecule has 0 radical (unpaired) electrons. The summed E-state index contributed by atoms with van der Waals surface area (Å²) in [6.45, 7) is 0. The third-order valence-corrected chi connectivity index (χ3v) is 4.63. The Morgan fingerprint density at radius 3 is 3.00 bits per heavy atom. The molecule has 0 saturated carbocycles. The second-order valence-corrected chi connectivity index (χ2v) is 5.97. The van der Waals surface area contributed by atoms with Gasteiger partial charge in [-0.25, -0.2) is 15.0 Å². The van der Waals surface area contributed by atoms with E-state index in [4.69, 9.17) is 0 Å². The first-order valence-corrected chi connectivity index (χ1v) is 7.62. The van der Waals surface area contributed by atoms with Crippen LogP contribution in [-0.4, -0.2) is 20.9 Å². The number of hydrogen-bond donors (Lipinski definition) is 1. The van der Waals surface area contributed by atoms with Gasteiger partial charge in [0, 0.05) is 11.3 Å². The lowest BCUT2D eigenvalue weighted by molar-refractivity contribution is 0.102. The summed E-state index contributed by atoms with van der Waals surface area (Å²) in [5.74, 6) is 0.422. The average molecular weight is 296 g/mol. The Bertz CT molecular complexity index is 810. The zero-order chi connectivity index (χ0) is 14.2. The topological polar surface area (TPSA) is 67.8 Å². The van der Waals surface area contributed by atoms with Gasteiger partial charge < -0.3 is 5.32 Å². The molecular weight excluding hydrogens is 284 g/mol. The molecule has 4 rings (SSSR count). The van der Waals surface area contributed by atoms with Gasteiger partial charge in [0.25, 0.3) is 5.91 Å². The minimum atomic E-state index is -0.205. The van der Waals surface area contributed by atoms with Crippen molar-refractivity contribution in [3.63, 3.8) is 0 Å². The van der Waals surface area contributed by atoms with Crippen molar-refractivity contribution in [2.24, 2.45) is 0 Å². The van der Waals surface area contributed by atoms with Crippen LogP contribution in [0.3, 0.4) is 0 Å². The minimum Gasteiger partial charge on any atom is -0.304 e. The number of aryl methyl sites for hydroxylation is 1. The van der Waals surface area contributed by atoms with Gasteiger partial charge in [-0.1, -0.05) is 12.1 Å². The molecule has 0 fully saturated rings. The number of benzene rings is 1. The van der Waals surface area contributed by atoms with Gasteiger partial charge >= 0.3 is 0 Å². The molecule has 0 unspecified atom stereocenters. The Balaban J connectivity index is 1.65. The van der Waals surface area contributed by atoms with Gasteiger partial charge in [-0.2, -0.15) is 0 Å². The van der Waals surface area contributed by atoms with Crippen LogP contribution in [-0.2, 0) is 12.8 Å². The number of thiazole rings is 1. The van der Waals surface area contributed by atoms with E-state index in [0.29, 0.717) is 10.8 Å². The number of nitrogens with one attached hydrogen (secondary N) is 1. The number of anilines is 1. The maximum absolute atomic E-state index is 12.4. The zero-order valence-corrected chi connectivity index (χ0v) is 12.0. The highest BCUT2D eigenvalue weighted by molar-refractivity contribution is 7.20. The lowest BCUT2D eigenvalue weighted by Crippen LogP contribution is -2.14. The summed E-state index contributed by atoms with van der Waals surface area (Å²) < 4.78 is 1.01. The van der Waals surface area contributed by atoms with Crippen molar-refractivity contribution >= 4 is 33.3 Å². The molecule has 1 aromatic carbocycles. The third kappa shape index (κ3) is 2.17. The van der Waals surface area contributed by atoms with Gasteiger partial charge in [-0.05, 0) is 31.4 Å². The Morgan fingerprint density at radius 1 is 1.19 bits per heavy atom. The highest BCUT2D eigenvalue weighted by Crippen LogP contribution is 2.26. The summed E-state index contributed by atoms with van der Waals surface area (Å²) in [6.07, 6.45) is 4.46. The first-order valence-electron chi connectivity index (χ1n) is 6.81. The van der Waals surface area contributed by atoms with Gasteiger partial charge in [0.15, 0.2) is 5.01 Å². The van der Waals surface area contributed by atoms with E-state index in [2.05, 4.69) is 20.3 Å². The SMILES string of the molecule is O=C(Nc1ncnc2c1CCC2)c1nc2ccccc2s1. The fourth-order valence-corrected chi connectivity index (χ4v) is 3.46. The molecule has 0 saturated heterocycles. The molecule has 0 aliphatic heterocycles. The normalized spacial score (nSPS) is 13.3. The fourth-order valence-electron chi connectivity index (χ4n) is 2.60. The molecule has 1 aliphatic rings.